The average molecular weight is 410 g/mol. The van der Waals surface area contributed by atoms with Gasteiger partial charge >= 0.3 is 10.0 Å². The minimum atomic E-state index is -3.70. The van der Waals surface area contributed by atoms with Crippen molar-refractivity contribution < 1.29 is 12.5 Å². The molecule has 0 radical (unpaired) electrons. The van der Waals surface area contributed by atoms with E-state index in [0.29, 0.717) is 10.8 Å². The van der Waals surface area contributed by atoms with E-state index >= 15 is 0 Å². The van der Waals surface area contributed by atoms with Gasteiger partial charge in [-0.05, 0) is 56.3 Å². The molecule has 0 N–H and O–H groups in total. The second-order valence-corrected chi connectivity index (χ2v) is 10.5. The van der Waals surface area contributed by atoms with Crippen molar-refractivity contribution in [1.82, 2.24) is 0 Å². The number of aryl methyl sites for hydroxylation is 1. The molecule has 5 rings (SSSR count). The lowest BCUT2D eigenvalue weighted by molar-refractivity contribution is -0.369. The SMILES string of the molecule is Cc1ccc(S(=O)(=O)[N+]2=C(C3CC3)C(C)C(c3cc4ccccc4s3)=N2)cc1. The number of sulfonamides is 1. The van der Waals surface area contributed by atoms with Gasteiger partial charge in [0.1, 0.15) is 10.6 Å². The summed E-state index contributed by atoms with van der Waals surface area (Å²) in [6.07, 6.45) is 2.07. The monoisotopic (exact) mass is 409 g/mol. The lowest BCUT2D eigenvalue weighted by Crippen LogP contribution is -2.26. The number of hydrazone groups is 1. The van der Waals surface area contributed by atoms with Crippen LogP contribution in [0.2, 0.25) is 0 Å². The summed E-state index contributed by atoms with van der Waals surface area (Å²) >= 11 is 1.68. The third-order valence-corrected chi connectivity index (χ3v) is 8.25. The smallest absolute Gasteiger partial charge is 0.156 e. The van der Waals surface area contributed by atoms with Crippen molar-refractivity contribution in [2.75, 3.05) is 0 Å². The Labute approximate surface area is 168 Å². The first-order valence-electron chi connectivity index (χ1n) is 9.51. The zero-order chi connectivity index (χ0) is 19.5. The zero-order valence-electron chi connectivity index (χ0n) is 15.8. The molecule has 4 nitrogen and oxygen atoms in total. The minimum Gasteiger partial charge on any atom is -0.156 e. The van der Waals surface area contributed by atoms with Gasteiger partial charge in [0.2, 0.25) is 5.71 Å². The van der Waals surface area contributed by atoms with E-state index in [1.165, 1.54) is 14.2 Å². The Morgan fingerprint density at radius 3 is 2.46 bits per heavy atom. The summed E-state index contributed by atoms with van der Waals surface area (Å²) in [5, 5.41) is 5.85. The van der Waals surface area contributed by atoms with Crippen LogP contribution in [0.15, 0.2) is 64.6 Å². The fourth-order valence-electron chi connectivity index (χ4n) is 3.81. The van der Waals surface area contributed by atoms with Crippen LogP contribution in [-0.4, -0.2) is 23.9 Å². The molecule has 2 aliphatic rings. The highest BCUT2D eigenvalue weighted by atomic mass is 32.2. The molecule has 1 aromatic heterocycles. The molecule has 1 fully saturated rings. The van der Waals surface area contributed by atoms with Crippen LogP contribution in [0.5, 0.6) is 0 Å². The molecule has 1 aliphatic heterocycles. The van der Waals surface area contributed by atoms with Gasteiger partial charge in [-0.2, -0.15) is 8.42 Å². The standard InChI is InChI=1S/C22H21N2O2S2/c1-14-7-11-18(12-8-14)28(25,26)24-22(16-9-10-16)15(2)21(23-24)20-13-17-5-3-4-6-19(17)27-20/h3-8,11-13,15-16H,9-10H2,1-2H3/q+1. The molecule has 0 spiro atoms. The van der Waals surface area contributed by atoms with Gasteiger partial charge in [0.05, 0.1) is 10.8 Å². The van der Waals surface area contributed by atoms with E-state index < -0.39 is 10.0 Å². The molecule has 6 heteroatoms. The van der Waals surface area contributed by atoms with Crippen molar-refractivity contribution in [3.05, 3.63) is 65.0 Å². The van der Waals surface area contributed by atoms with Crippen LogP contribution in [0.25, 0.3) is 10.1 Å². The quantitative estimate of drug-likeness (QED) is 0.580. The maximum atomic E-state index is 13.4. The van der Waals surface area contributed by atoms with Crippen molar-refractivity contribution in [2.45, 2.75) is 31.6 Å². The largest absolute Gasteiger partial charge is 0.422 e. The predicted molar refractivity (Wildman–Crippen MR) is 114 cm³/mol. The highest BCUT2D eigenvalue weighted by molar-refractivity contribution is 7.85. The van der Waals surface area contributed by atoms with Crippen LogP contribution in [0.3, 0.4) is 0 Å². The molecule has 2 aromatic carbocycles. The fourth-order valence-corrected chi connectivity index (χ4v) is 6.41. The van der Waals surface area contributed by atoms with Gasteiger partial charge in [-0.25, -0.2) is 0 Å². The number of fused-ring (bicyclic) bond motifs is 1. The number of rotatable bonds is 4. The number of hydrogen-bond acceptors (Lipinski definition) is 4. The molecule has 1 unspecified atom stereocenters. The van der Waals surface area contributed by atoms with Crippen LogP contribution >= 0.6 is 11.3 Å². The third kappa shape index (κ3) is 2.83. The van der Waals surface area contributed by atoms with E-state index in [1.54, 1.807) is 23.5 Å². The number of thiophene rings is 1. The van der Waals surface area contributed by atoms with Crippen molar-refractivity contribution in [3.8, 4) is 0 Å². The second-order valence-electron chi connectivity index (χ2n) is 7.62. The van der Waals surface area contributed by atoms with Crippen LogP contribution < -0.4 is 0 Å². The average Bonchev–Trinajstić information content (AvgIpc) is 3.32. The molecule has 0 bridgehead atoms. The van der Waals surface area contributed by atoms with Gasteiger partial charge in [-0.3, -0.25) is 0 Å². The summed E-state index contributed by atoms with van der Waals surface area (Å²) in [5.74, 6) is 0.312. The molecule has 3 aromatic rings. The molecule has 142 valence electrons. The molecule has 0 saturated heterocycles. The Balaban J connectivity index is 1.64. The summed E-state index contributed by atoms with van der Waals surface area (Å²) in [7, 11) is -3.70. The molecule has 1 aliphatic carbocycles. The third-order valence-electron chi connectivity index (χ3n) is 5.49. The first kappa shape index (κ1) is 17.8. The van der Waals surface area contributed by atoms with Gasteiger partial charge in [0.25, 0.3) is 0 Å². The summed E-state index contributed by atoms with van der Waals surface area (Å²) in [5.41, 5.74) is 2.82. The van der Waals surface area contributed by atoms with Crippen molar-refractivity contribution >= 4 is 42.9 Å². The summed E-state index contributed by atoms with van der Waals surface area (Å²) in [6, 6.07) is 17.4. The summed E-state index contributed by atoms with van der Waals surface area (Å²) in [6.45, 7) is 4.04. The molecule has 1 saturated carbocycles. The van der Waals surface area contributed by atoms with Gasteiger partial charge in [-0.1, -0.05) is 35.9 Å². The van der Waals surface area contributed by atoms with Crippen molar-refractivity contribution in [2.24, 2.45) is 16.9 Å². The maximum absolute atomic E-state index is 13.4. The Morgan fingerprint density at radius 2 is 1.79 bits per heavy atom. The van der Waals surface area contributed by atoms with Crippen LogP contribution in [-0.2, 0) is 10.0 Å². The first-order valence-corrected chi connectivity index (χ1v) is 11.8. The molecule has 2 heterocycles. The normalized spacial score (nSPS) is 20.1. The molecular weight excluding hydrogens is 388 g/mol. The fraction of sp³-hybridized carbons (Fsp3) is 0.273. The number of hydrogen-bond donors (Lipinski definition) is 0. The Kier molecular flexibility index (Phi) is 4.03. The molecule has 1 atom stereocenters. The van der Waals surface area contributed by atoms with Gasteiger partial charge < -0.3 is 0 Å². The van der Waals surface area contributed by atoms with Crippen LogP contribution in [0.4, 0.5) is 0 Å². The molecular formula is C22H21N2O2S2+. The van der Waals surface area contributed by atoms with Gasteiger partial charge in [-0.15, -0.1) is 11.3 Å². The van der Waals surface area contributed by atoms with E-state index in [1.807, 2.05) is 31.2 Å². The van der Waals surface area contributed by atoms with Crippen molar-refractivity contribution in [1.29, 1.82) is 0 Å². The lowest BCUT2D eigenvalue weighted by atomic mass is 9.96. The Hall–Kier alpha value is -2.31. The topological polar surface area (TPSA) is 49.5 Å². The summed E-state index contributed by atoms with van der Waals surface area (Å²) < 4.78 is 29.3. The van der Waals surface area contributed by atoms with E-state index in [2.05, 4.69) is 30.2 Å². The first-order chi connectivity index (χ1) is 13.4. The molecule has 28 heavy (non-hydrogen) atoms. The zero-order valence-corrected chi connectivity index (χ0v) is 17.4. The van der Waals surface area contributed by atoms with E-state index in [9.17, 15) is 8.42 Å². The Morgan fingerprint density at radius 1 is 1.07 bits per heavy atom. The highest BCUT2D eigenvalue weighted by Gasteiger charge is 2.50. The van der Waals surface area contributed by atoms with E-state index in [-0.39, 0.29) is 5.92 Å². The second kappa shape index (κ2) is 6.36. The lowest BCUT2D eigenvalue weighted by Gasteiger charge is -2.03. The maximum Gasteiger partial charge on any atom is 0.422 e. The minimum absolute atomic E-state index is 0.000727. The van der Waals surface area contributed by atoms with Crippen LogP contribution in [0.1, 0.15) is 30.2 Å². The van der Waals surface area contributed by atoms with Crippen molar-refractivity contribution in [3.63, 3.8) is 0 Å². The summed E-state index contributed by atoms with van der Waals surface area (Å²) in [4.78, 5) is 1.35. The highest BCUT2D eigenvalue weighted by Crippen LogP contribution is 2.39. The van der Waals surface area contributed by atoms with Gasteiger partial charge in [0.15, 0.2) is 0 Å². The van der Waals surface area contributed by atoms with E-state index in [4.69, 9.17) is 0 Å². The Bertz CT molecular complexity index is 1210. The number of nitrogens with zero attached hydrogens (tertiary/aromatic N) is 2. The van der Waals surface area contributed by atoms with Crippen LogP contribution in [0, 0.1) is 18.8 Å². The predicted octanol–water partition coefficient (Wildman–Crippen LogP) is 4.82. The van der Waals surface area contributed by atoms with Gasteiger partial charge in [0, 0.05) is 19.8 Å². The number of benzene rings is 2. The molecule has 0 amide bonds. The van der Waals surface area contributed by atoms with E-state index in [0.717, 1.165) is 34.7 Å².